The van der Waals surface area contributed by atoms with Crippen molar-refractivity contribution >= 4 is 45.1 Å². The third kappa shape index (κ3) is 3.92. The van der Waals surface area contributed by atoms with Crippen LogP contribution in [0.4, 0.5) is 5.13 Å². The van der Waals surface area contributed by atoms with Gasteiger partial charge in [-0.15, -0.1) is 10.2 Å². The molecule has 10 heteroatoms. The maximum absolute atomic E-state index is 12.1. The number of rotatable bonds is 6. The van der Waals surface area contributed by atoms with Gasteiger partial charge in [0.05, 0.1) is 0 Å². The van der Waals surface area contributed by atoms with E-state index < -0.39 is 11.8 Å². The minimum absolute atomic E-state index is 0.00512. The smallest absolute Gasteiger partial charge is 0.255 e. The zero-order valence-corrected chi connectivity index (χ0v) is 15.6. The molecule has 1 saturated heterocycles. The van der Waals surface area contributed by atoms with Crippen LogP contribution in [-0.2, 0) is 25.5 Å². The van der Waals surface area contributed by atoms with Crippen molar-refractivity contribution in [2.75, 3.05) is 25.1 Å². The highest BCUT2D eigenvalue weighted by atomic mass is 32.1. The first-order valence-electron chi connectivity index (χ1n) is 8.68. The molecule has 3 aromatic rings. The Morgan fingerprint density at radius 2 is 2.00 bits per heavy atom. The summed E-state index contributed by atoms with van der Waals surface area (Å²) in [6.07, 6.45) is 2.55. The number of amides is 3. The van der Waals surface area contributed by atoms with Crippen molar-refractivity contribution < 1.29 is 19.1 Å². The molecule has 144 valence electrons. The lowest BCUT2D eigenvalue weighted by atomic mass is 10.1. The monoisotopic (exact) mass is 399 g/mol. The highest BCUT2D eigenvalue weighted by Gasteiger charge is 2.26. The number of ether oxygens (including phenoxy) is 1. The molecular weight excluding hydrogens is 382 g/mol. The van der Waals surface area contributed by atoms with Crippen LogP contribution < -0.4 is 5.32 Å². The third-order valence-electron chi connectivity index (χ3n) is 4.35. The summed E-state index contributed by atoms with van der Waals surface area (Å²) in [5.74, 6) is -1.19. The Kier molecular flexibility index (Phi) is 5.13. The fourth-order valence-electron chi connectivity index (χ4n) is 2.98. The third-order valence-corrected chi connectivity index (χ3v) is 5.18. The van der Waals surface area contributed by atoms with Crippen molar-refractivity contribution in [2.24, 2.45) is 0 Å². The molecule has 2 aromatic heterocycles. The molecule has 4 rings (SSSR count). The number of H-pyrrole nitrogens is 1. The van der Waals surface area contributed by atoms with Gasteiger partial charge in [-0.1, -0.05) is 29.5 Å². The molecule has 3 heterocycles. The number of hydrogen-bond acceptors (Lipinski definition) is 7. The molecule has 3 amide bonds. The number of carbonyl (C=O) groups is 3. The number of imide groups is 1. The van der Waals surface area contributed by atoms with Gasteiger partial charge in [0, 0.05) is 36.5 Å². The van der Waals surface area contributed by atoms with E-state index in [-0.39, 0.29) is 32.1 Å². The average Bonchev–Trinajstić information content (AvgIpc) is 3.29. The van der Waals surface area contributed by atoms with Gasteiger partial charge >= 0.3 is 0 Å². The highest BCUT2D eigenvalue weighted by molar-refractivity contribution is 7.15. The van der Waals surface area contributed by atoms with Crippen LogP contribution in [0, 0.1) is 0 Å². The quantitative estimate of drug-likeness (QED) is 0.604. The van der Waals surface area contributed by atoms with Crippen LogP contribution in [-0.4, -0.2) is 57.6 Å². The molecule has 0 spiro atoms. The molecule has 28 heavy (non-hydrogen) atoms. The highest BCUT2D eigenvalue weighted by Crippen LogP contribution is 2.23. The summed E-state index contributed by atoms with van der Waals surface area (Å²) < 4.78 is 4.84. The maximum Gasteiger partial charge on any atom is 0.255 e. The summed E-state index contributed by atoms with van der Waals surface area (Å²) in [7, 11) is 0. The summed E-state index contributed by atoms with van der Waals surface area (Å²) in [6, 6.07) is 8.00. The Morgan fingerprint density at radius 3 is 2.82 bits per heavy atom. The van der Waals surface area contributed by atoms with E-state index in [4.69, 9.17) is 4.74 Å². The molecule has 2 N–H and O–H groups in total. The molecule has 1 aliphatic rings. The van der Waals surface area contributed by atoms with Gasteiger partial charge in [0.2, 0.25) is 11.0 Å². The van der Waals surface area contributed by atoms with Gasteiger partial charge in [0.25, 0.3) is 11.8 Å². The number of nitrogens with one attached hydrogen (secondary N) is 2. The summed E-state index contributed by atoms with van der Waals surface area (Å²) in [5.41, 5.74) is 2.16. The van der Waals surface area contributed by atoms with Gasteiger partial charge < -0.3 is 15.0 Å². The van der Waals surface area contributed by atoms with Crippen molar-refractivity contribution in [2.45, 2.75) is 12.8 Å². The number of anilines is 1. The standard InChI is InChI=1S/C18H17N5O4S/c24-14(5-6-23-16(25)9-27-10-17(23)26)20-18-22-21-15(28-18)7-11-8-19-13-4-2-1-3-12(11)13/h1-4,8,19H,5-7,9-10H2,(H,20,22,24). The lowest BCUT2D eigenvalue weighted by Crippen LogP contribution is -2.47. The molecule has 0 unspecified atom stereocenters. The van der Waals surface area contributed by atoms with Crippen LogP contribution in [0.5, 0.6) is 0 Å². The second-order valence-corrected chi connectivity index (χ2v) is 7.33. The summed E-state index contributed by atoms with van der Waals surface area (Å²) in [4.78, 5) is 39.7. The first-order chi connectivity index (χ1) is 13.6. The van der Waals surface area contributed by atoms with E-state index in [1.165, 1.54) is 11.3 Å². The van der Waals surface area contributed by atoms with E-state index >= 15 is 0 Å². The van der Waals surface area contributed by atoms with E-state index in [0.29, 0.717) is 11.6 Å². The minimum atomic E-state index is -0.430. The van der Waals surface area contributed by atoms with Crippen molar-refractivity contribution in [3.05, 3.63) is 41.0 Å². The van der Waals surface area contributed by atoms with Crippen LogP contribution >= 0.6 is 11.3 Å². The second-order valence-electron chi connectivity index (χ2n) is 6.27. The zero-order chi connectivity index (χ0) is 19.5. The Bertz CT molecular complexity index is 1030. The fourth-order valence-corrected chi connectivity index (χ4v) is 3.76. The molecule has 0 radical (unpaired) electrons. The molecule has 9 nitrogen and oxygen atoms in total. The predicted molar refractivity (Wildman–Crippen MR) is 102 cm³/mol. The Hall–Kier alpha value is -3.11. The number of para-hydroxylation sites is 1. The predicted octanol–water partition coefficient (Wildman–Crippen LogP) is 1.32. The first-order valence-corrected chi connectivity index (χ1v) is 9.50. The van der Waals surface area contributed by atoms with Crippen LogP contribution in [0.2, 0.25) is 0 Å². The van der Waals surface area contributed by atoms with Crippen LogP contribution in [0.15, 0.2) is 30.5 Å². The van der Waals surface area contributed by atoms with Crippen LogP contribution in [0.1, 0.15) is 17.0 Å². The number of aromatic nitrogens is 3. The van der Waals surface area contributed by atoms with E-state index in [9.17, 15) is 14.4 Å². The normalized spacial score (nSPS) is 14.6. The number of morpholine rings is 1. The lowest BCUT2D eigenvalue weighted by Gasteiger charge is -2.24. The summed E-state index contributed by atoms with van der Waals surface area (Å²) in [6.45, 7) is -0.254. The number of fused-ring (bicyclic) bond motifs is 1. The zero-order valence-electron chi connectivity index (χ0n) is 14.8. The lowest BCUT2D eigenvalue weighted by molar-refractivity contribution is -0.158. The average molecular weight is 399 g/mol. The number of benzene rings is 1. The van der Waals surface area contributed by atoms with Crippen molar-refractivity contribution in [1.82, 2.24) is 20.1 Å². The minimum Gasteiger partial charge on any atom is -0.362 e. The molecule has 1 fully saturated rings. The maximum atomic E-state index is 12.1. The number of carbonyl (C=O) groups excluding carboxylic acids is 3. The van der Waals surface area contributed by atoms with Gasteiger partial charge in [0.1, 0.15) is 18.2 Å². The van der Waals surface area contributed by atoms with Gasteiger partial charge in [-0.3, -0.25) is 19.3 Å². The van der Waals surface area contributed by atoms with Crippen LogP contribution in [0.25, 0.3) is 10.9 Å². The van der Waals surface area contributed by atoms with E-state index in [1.54, 1.807) is 0 Å². The van der Waals surface area contributed by atoms with Crippen LogP contribution in [0.3, 0.4) is 0 Å². The first kappa shape index (κ1) is 18.3. The topological polar surface area (TPSA) is 117 Å². The fraction of sp³-hybridized carbons (Fsp3) is 0.278. The number of aromatic amines is 1. The number of hydrogen-bond donors (Lipinski definition) is 2. The Balaban J connectivity index is 1.33. The molecule has 0 atom stereocenters. The van der Waals surface area contributed by atoms with E-state index in [0.717, 1.165) is 26.4 Å². The molecule has 0 bridgehead atoms. The molecule has 1 aromatic carbocycles. The molecular formula is C18H17N5O4S. The largest absolute Gasteiger partial charge is 0.362 e. The molecule has 1 aliphatic heterocycles. The second kappa shape index (κ2) is 7.87. The molecule has 0 aliphatic carbocycles. The SMILES string of the molecule is O=C(CCN1C(=O)COCC1=O)Nc1nnc(Cc2c[nH]c3ccccc23)s1. The molecule has 0 saturated carbocycles. The van der Waals surface area contributed by atoms with Crippen molar-refractivity contribution in [3.8, 4) is 0 Å². The summed E-state index contributed by atoms with van der Waals surface area (Å²) in [5, 5.41) is 13.1. The van der Waals surface area contributed by atoms with Gasteiger partial charge in [-0.25, -0.2) is 0 Å². The summed E-state index contributed by atoms with van der Waals surface area (Å²) >= 11 is 1.30. The Morgan fingerprint density at radius 1 is 1.21 bits per heavy atom. The van der Waals surface area contributed by atoms with Crippen molar-refractivity contribution in [3.63, 3.8) is 0 Å². The van der Waals surface area contributed by atoms with Crippen molar-refractivity contribution in [1.29, 1.82) is 0 Å². The Labute approximate surface area is 163 Å². The van der Waals surface area contributed by atoms with Gasteiger partial charge in [-0.2, -0.15) is 0 Å². The van der Waals surface area contributed by atoms with E-state index in [1.807, 2.05) is 30.5 Å². The van der Waals surface area contributed by atoms with E-state index in [2.05, 4.69) is 20.5 Å². The number of nitrogens with zero attached hydrogens (tertiary/aromatic N) is 3. The van der Waals surface area contributed by atoms with Gasteiger partial charge in [-0.05, 0) is 11.6 Å². The van der Waals surface area contributed by atoms with Gasteiger partial charge in [0.15, 0.2) is 0 Å².